The van der Waals surface area contributed by atoms with Gasteiger partial charge in [-0.05, 0) is 22.3 Å². The second-order valence-corrected chi connectivity index (χ2v) is 10.7. The molecule has 0 spiro atoms. The number of thiazole rings is 1. The van der Waals surface area contributed by atoms with Gasteiger partial charge in [0.15, 0.2) is 5.13 Å². The van der Waals surface area contributed by atoms with Crippen LogP contribution in [0.3, 0.4) is 0 Å². The third kappa shape index (κ3) is 1.71. The van der Waals surface area contributed by atoms with Gasteiger partial charge in [0, 0.05) is 11.6 Å². The van der Waals surface area contributed by atoms with Crippen LogP contribution in [0.5, 0.6) is 0 Å². The molecular weight excluding hydrogens is 504 g/mol. The van der Waals surface area contributed by atoms with Crippen LogP contribution in [-0.2, 0) is 18.2 Å². The number of carbonyl (C=O) groups excluding carboxylic acids is 2. The first-order chi connectivity index (χ1) is 13.5. The number of aromatic nitrogens is 1. The molecule has 2 aromatic carbocycles. The molecule has 7 rings (SSSR count). The summed E-state index contributed by atoms with van der Waals surface area (Å²) >= 11 is 9.27. The highest BCUT2D eigenvalue weighted by molar-refractivity contribution is 9.10. The van der Waals surface area contributed by atoms with Crippen molar-refractivity contribution < 1.29 is 9.59 Å². The molecule has 4 aliphatic rings. The first kappa shape index (κ1) is 17.1. The highest BCUT2D eigenvalue weighted by Gasteiger charge is 2.72. The smallest absolute Gasteiger partial charge is 0.241 e. The molecule has 3 aromatic rings. The van der Waals surface area contributed by atoms with E-state index in [1.165, 1.54) is 16.2 Å². The van der Waals surface area contributed by atoms with E-state index in [9.17, 15) is 9.59 Å². The Bertz CT molecular complexity index is 1060. The summed E-state index contributed by atoms with van der Waals surface area (Å²) < 4.78 is -1.50. The van der Waals surface area contributed by atoms with Crippen molar-refractivity contribution in [2.45, 2.75) is 8.65 Å². The molecule has 2 atom stereocenters. The minimum absolute atomic E-state index is 0.199. The first-order valence-electron chi connectivity index (χ1n) is 8.85. The Morgan fingerprint density at radius 1 is 0.821 bits per heavy atom. The fraction of sp³-hybridized carbons (Fsp3) is 0.190. The molecule has 0 radical (unpaired) electrons. The third-order valence-electron chi connectivity index (χ3n) is 6.20. The Kier molecular flexibility index (Phi) is 3.29. The van der Waals surface area contributed by atoms with Crippen molar-refractivity contribution >= 4 is 60.1 Å². The lowest BCUT2D eigenvalue weighted by molar-refractivity contribution is -0.122. The van der Waals surface area contributed by atoms with Crippen molar-refractivity contribution in [3.8, 4) is 0 Å². The van der Waals surface area contributed by atoms with Gasteiger partial charge in [-0.2, -0.15) is 0 Å². The van der Waals surface area contributed by atoms with Gasteiger partial charge < -0.3 is 0 Å². The molecule has 4 nitrogen and oxygen atoms in total. The van der Waals surface area contributed by atoms with E-state index < -0.39 is 20.5 Å². The lowest BCUT2D eigenvalue weighted by Gasteiger charge is -2.55. The van der Waals surface area contributed by atoms with Crippen molar-refractivity contribution in [3.05, 3.63) is 82.4 Å². The number of benzene rings is 2. The summed E-state index contributed by atoms with van der Waals surface area (Å²) in [5.74, 6) is -1.49. The van der Waals surface area contributed by atoms with Gasteiger partial charge in [0.25, 0.3) is 0 Å². The lowest BCUT2D eigenvalue weighted by atomic mass is 9.54. The van der Waals surface area contributed by atoms with Crippen molar-refractivity contribution in [1.29, 1.82) is 0 Å². The number of nitrogens with zero attached hydrogens (tertiary/aromatic N) is 2. The second kappa shape index (κ2) is 5.40. The SMILES string of the molecule is O=C1C2C(C(=O)N1c1nccs1)C1(Br)c3ccccc3C2(Br)c2ccccc21. The molecule has 3 aliphatic carbocycles. The number of amides is 2. The number of hydrogen-bond acceptors (Lipinski definition) is 4. The van der Waals surface area contributed by atoms with Crippen LogP contribution in [-0.4, -0.2) is 16.8 Å². The van der Waals surface area contributed by atoms with E-state index >= 15 is 0 Å². The molecule has 2 bridgehead atoms. The predicted octanol–water partition coefficient (Wildman–Crippen LogP) is 4.55. The number of rotatable bonds is 1. The van der Waals surface area contributed by atoms with Crippen molar-refractivity contribution in [2.75, 3.05) is 4.90 Å². The maximum atomic E-state index is 13.6. The Morgan fingerprint density at radius 2 is 1.25 bits per heavy atom. The van der Waals surface area contributed by atoms with Crippen LogP contribution in [0.15, 0.2) is 60.1 Å². The van der Waals surface area contributed by atoms with Gasteiger partial charge in [-0.25, -0.2) is 9.88 Å². The summed E-state index contributed by atoms with van der Waals surface area (Å²) in [7, 11) is 0. The maximum absolute atomic E-state index is 13.6. The molecular formula is C21H12Br2N2O2S. The zero-order chi connectivity index (χ0) is 19.3. The molecule has 2 amide bonds. The van der Waals surface area contributed by atoms with Crippen LogP contribution in [0.1, 0.15) is 22.3 Å². The minimum Gasteiger partial charge on any atom is -0.274 e. The quantitative estimate of drug-likeness (QED) is 0.353. The average molecular weight is 516 g/mol. The van der Waals surface area contributed by atoms with E-state index in [1.807, 2.05) is 24.3 Å². The maximum Gasteiger partial charge on any atom is 0.241 e. The van der Waals surface area contributed by atoms with Crippen LogP contribution in [0.2, 0.25) is 0 Å². The van der Waals surface area contributed by atoms with Gasteiger partial charge in [-0.15, -0.1) is 11.3 Å². The summed E-state index contributed by atoms with van der Waals surface area (Å²) in [5, 5.41) is 2.22. The average Bonchev–Trinajstić information content (AvgIpc) is 3.32. The van der Waals surface area contributed by atoms with Crippen LogP contribution < -0.4 is 4.90 Å². The van der Waals surface area contributed by atoms with E-state index in [1.54, 1.807) is 11.6 Å². The molecule has 138 valence electrons. The molecule has 28 heavy (non-hydrogen) atoms. The summed E-state index contributed by atoms with van der Waals surface area (Å²) in [6.45, 7) is 0. The number of carbonyl (C=O) groups is 2. The molecule has 7 heteroatoms. The summed E-state index contributed by atoms with van der Waals surface area (Å²) in [5.41, 5.74) is 4.14. The van der Waals surface area contributed by atoms with Gasteiger partial charge in [0.05, 0.1) is 20.5 Å². The van der Waals surface area contributed by atoms with E-state index in [-0.39, 0.29) is 11.8 Å². The Labute approximate surface area is 181 Å². The number of hydrogen-bond donors (Lipinski definition) is 0. The molecule has 1 aromatic heterocycles. The standard InChI is InChI=1S/C21H12Br2N2O2S/c22-20-11-5-1-2-6-12(11)21(23,14-8-4-3-7-13(14)20)16-15(20)17(26)25(18(16)27)19-24-9-10-28-19/h1-10,15-16H. The zero-order valence-corrected chi connectivity index (χ0v) is 18.3. The third-order valence-corrected chi connectivity index (χ3v) is 9.65. The monoisotopic (exact) mass is 514 g/mol. The van der Waals surface area contributed by atoms with Crippen molar-refractivity contribution in [2.24, 2.45) is 11.8 Å². The highest BCUT2D eigenvalue weighted by Crippen LogP contribution is 2.70. The van der Waals surface area contributed by atoms with E-state index in [2.05, 4.69) is 61.1 Å². The molecule has 2 heterocycles. The van der Waals surface area contributed by atoms with Crippen molar-refractivity contribution in [3.63, 3.8) is 0 Å². The number of halogens is 2. The Hall–Kier alpha value is -1.83. The fourth-order valence-electron chi connectivity index (χ4n) is 5.18. The van der Waals surface area contributed by atoms with E-state index in [4.69, 9.17) is 0 Å². The second-order valence-electron chi connectivity index (χ2n) is 7.30. The summed E-state index contributed by atoms with van der Waals surface area (Å²) in [6.07, 6.45) is 1.62. The van der Waals surface area contributed by atoms with Gasteiger partial charge in [0.2, 0.25) is 11.8 Å². The fourth-order valence-corrected chi connectivity index (χ4v) is 8.14. The summed E-state index contributed by atoms with van der Waals surface area (Å²) in [6, 6.07) is 16.1. The molecule has 0 N–H and O–H groups in total. The first-order valence-corrected chi connectivity index (χ1v) is 11.3. The Balaban J connectivity index is 1.71. The topological polar surface area (TPSA) is 50.3 Å². The number of imide groups is 1. The van der Waals surface area contributed by atoms with Crippen LogP contribution >= 0.6 is 43.2 Å². The zero-order valence-electron chi connectivity index (χ0n) is 14.3. The van der Waals surface area contributed by atoms with E-state index in [0.717, 1.165) is 22.3 Å². The van der Waals surface area contributed by atoms with Gasteiger partial charge in [-0.1, -0.05) is 80.4 Å². The van der Waals surface area contributed by atoms with Crippen LogP contribution in [0, 0.1) is 11.8 Å². The van der Waals surface area contributed by atoms with Crippen LogP contribution in [0.4, 0.5) is 5.13 Å². The molecule has 1 aliphatic heterocycles. The highest BCUT2D eigenvalue weighted by atomic mass is 79.9. The van der Waals surface area contributed by atoms with Crippen molar-refractivity contribution in [1.82, 2.24) is 4.98 Å². The number of alkyl halides is 2. The van der Waals surface area contributed by atoms with Gasteiger partial charge in [-0.3, -0.25) is 9.59 Å². The molecule has 1 fully saturated rings. The lowest BCUT2D eigenvalue weighted by Crippen LogP contribution is -2.56. The minimum atomic E-state index is -0.751. The van der Waals surface area contributed by atoms with E-state index in [0.29, 0.717) is 5.13 Å². The summed E-state index contributed by atoms with van der Waals surface area (Å²) in [4.78, 5) is 32.8. The molecule has 0 saturated carbocycles. The number of anilines is 1. The normalized spacial score (nSPS) is 32.3. The van der Waals surface area contributed by atoms with Gasteiger partial charge in [0.1, 0.15) is 0 Å². The molecule has 1 saturated heterocycles. The van der Waals surface area contributed by atoms with Gasteiger partial charge >= 0.3 is 0 Å². The molecule has 2 unspecified atom stereocenters. The predicted molar refractivity (Wildman–Crippen MR) is 114 cm³/mol. The largest absolute Gasteiger partial charge is 0.274 e. The van der Waals surface area contributed by atoms with Crippen LogP contribution in [0.25, 0.3) is 0 Å². The Morgan fingerprint density at radius 3 is 1.61 bits per heavy atom.